The summed E-state index contributed by atoms with van der Waals surface area (Å²) in [7, 11) is 0. The van der Waals surface area contributed by atoms with E-state index in [0.29, 0.717) is 0 Å². The molecule has 2 aromatic carbocycles. The summed E-state index contributed by atoms with van der Waals surface area (Å²) in [5, 5.41) is 7.57. The van der Waals surface area contributed by atoms with Crippen LogP contribution in [-0.4, -0.2) is 5.84 Å². The van der Waals surface area contributed by atoms with Gasteiger partial charge < -0.3 is 5.73 Å². The molecule has 0 aliphatic heterocycles. The fourth-order valence-corrected chi connectivity index (χ4v) is 1.92. The van der Waals surface area contributed by atoms with E-state index in [9.17, 15) is 0 Å². The van der Waals surface area contributed by atoms with E-state index in [2.05, 4.69) is 18.2 Å². The maximum Gasteiger partial charge on any atom is 0.0979 e. The van der Waals surface area contributed by atoms with Gasteiger partial charge >= 0.3 is 0 Å². The van der Waals surface area contributed by atoms with E-state index >= 15 is 0 Å². The first-order chi connectivity index (χ1) is 8.20. The van der Waals surface area contributed by atoms with Crippen LogP contribution < -0.4 is 5.73 Å². The topological polar surface area (TPSA) is 49.9 Å². The molecule has 1 atom stereocenters. The molecule has 0 saturated heterocycles. The first kappa shape index (κ1) is 11.4. The third-order valence-electron chi connectivity index (χ3n) is 2.98. The molecule has 86 valence electrons. The van der Waals surface area contributed by atoms with Gasteiger partial charge in [0.25, 0.3) is 0 Å². The van der Waals surface area contributed by atoms with Crippen LogP contribution in [0.25, 0.3) is 11.1 Å². The van der Waals surface area contributed by atoms with Gasteiger partial charge in [0, 0.05) is 5.92 Å². The van der Waals surface area contributed by atoms with E-state index < -0.39 is 0 Å². The van der Waals surface area contributed by atoms with Crippen LogP contribution >= 0.6 is 0 Å². The van der Waals surface area contributed by atoms with Crippen LogP contribution in [0.15, 0.2) is 54.6 Å². The number of hydrogen-bond acceptors (Lipinski definition) is 1. The van der Waals surface area contributed by atoms with Gasteiger partial charge in [-0.15, -0.1) is 0 Å². The van der Waals surface area contributed by atoms with Gasteiger partial charge in [-0.25, -0.2) is 0 Å². The van der Waals surface area contributed by atoms with Crippen LogP contribution in [0.3, 0.4) is 0 Å². The predicted molar refractivity (Wildman–Crippen MR) is 72.2 cm³/mol. The molecule has 3 N–H and O–H groups in total. The molecule has 2 rings (SSSR count). The average Bonchev–Trinajstić information content (AvgIpc) is 2.39. The van der Waals surface area contributed by atoms with Crippen LogP contribution in [0, 0.1) is 5.41 Å². The number of amidine groups is 1. The number of nitrogens with two attached hydrogens (primary N) is 1. The van der Waals surface area contributed by atoms with E-state index in [1.165, 1.54) is 0 Å². The Bertz CT molecular complexity index is 517. The highest BCUT2D eigenvalue weighted by Gasteiger charge is 2.13. The van der Waals surface area contributed by atoms with Gasteiger partial charge in [-0.2, -0.15) is 0 Å². The zero-order chi connectivity index (χ0) is 12.3. The highest BCUT2D eigenvalue weighted by molar-refractivity contribution is 5.87. The molecule has 0 amide bonds. The second kappa shape index (κ2) is 4.83. The maximum atomic E-state index is 7.57. The van der Waals surface area contributed by atoms with Crippen LogP contribution in [0.4, 0.5) is 0 Å². The molecule has 2 heteroatoms. The van der Waals surface area contributed by atoms with Crippen LogP contribution in [0.1, 0.15) is 18.4 Å². The summed E-state index contributed by atoms with van der Waals surface area (Å²) in [6.07, 6.45) is 0. The summed E-state index contributed by atoms with van der Waals surface area (Å²) in [6, 6.07) is 18.3. The second-order valence-corrected chi connectivity index (χ2v) is 4.13. The molecule has 0 radical (unpaired) electrons. The molecular weight excluding hydrogens is 208 g/mol. The van der Waals surface area contributed by atoms with Crippen molar-refractivity contribution >= 4 is 5.84 Å². The van der Waals surface area contributed by atoms with Gasteiger partial charge in [-0.3, -0.25) is 5.41 Å². The van der Waals surface area contributed by atoms with Crippen molar-refractivity contribution in [1.29, 1.82) is 5.41 Å². The average molecular weight is 224 g/mol. The minimum absolute atomic E-state index is 0.0496. The lowest BCUT2D eigenvalue weighted by Gasteiger charge is -2.15. The highest BCUT2D eigenvalue weighted by atomic mass is 14.7. The molecule has 1 unspecified atom stereocenters. The molecule has 0 bridgehead atoms. The summed E-state index contributed by atoms with van der Waals surface area (Å²) in [6.45, 7) is 1.96. The Hall–Kier alpha value is -2.09. The fraction of sp³-hybridized carbons (Fsp3) is 0.133. The van der Waals surface area contributed by atoms with Gasteiger partial charge in [-0.05, 0) is 16.7 Å². The lowest BCUT2D eigenvalue weighted by molar-refractivity contribution is 0.994. The van der Waals surface area contributed by atoms with E-state index in [-0.39, 0.29) is 11.8 Å². The van der Waals surface area contributed by atoms with Crippen LogP contribution in [-0.2, 0) is 0 Å². The molecule has 2 aromatic rings. The van der Waals surface area contributed by atoms with Crippen molar-refractivity contribution in [2.45, 2.75) is 12.8 Å². The number of rotatable bonds is 3. The Morgan fingerprint density at radius 2 is 1.59 bits per heavy atom. The predicted octanol–water partition coefficient (Wildman–Crippen LogP) is 3.39. The molecule has 0 aromatic heterocycles. The van der Waals surface area contributed by atoms with Crippen molar-refractivity contribution in [1.82, 2.24) is 0 Å². The zero-order valence-electron chi connectivity index (χ0n) is 9.85. The summed E-state index contributed by atoms with van der Waals surface area (Å²) >= 11 is 0. The Morgan fingerprint density at radius 1 is 1.00 bits per heavy atom. The van der Waals surface area contributed by atoms with Gasteiger partial charge in [0.2, 0.25) is 0 Å². The molecular formula is C15H16N2. The third-order valence-corrected chi connectivity index (χ3v) is 2.98. The van der Waals surface area contributed by atoms with Crippen molar-refractivity contribution in [3.8, 4) is 11.1 Å². The Kier molecular flexibility index (Phi) is 3.24. The SMILES string of the molecule is CC(C(=N)N)c1ccccc1-c1ccccc1. The van der Waals surface area contributed by atoms with Crippen LogP contribution in [0.5, 0.6) is 0 Å². The highest BCUT2D eigenvalue weighted by Crippen LogP contribution is 2.28. The summed E-state index contributed by atoms with van der Waals surface area (Å²) in [5.74, 6) is 0.153. The number of benzene rings is 2. The van der Waals surface area contributed by atoms with Gasteiger partial charge in [0.15, 0.2) is 0 Å². The summed E-state index contributed by atoms with van der Waals surface area (Å²) in [5.41, 5.74) is 9.01. The molecule has 17 heavy (non-hydrogen) atoms. The van der Waals surface area contributed by atoms with E-state index in [1.54, 1.807) is 0 Å². The number of hydrogen-bond donors (Lipinski definition) is 2. The molecule has 2 nitrogen and oxygen atoms in total. The lowest BCUT2D eigenvalue weighted by Crippen LogP contribution is -2.18. The van der Waals surface area contributed by atoms with E-state index in [1.807, 2.05) is 43.3 Å². The molecule has 0 saturated carbocycles. The number of nitrogens with one attached hydrogen (secondary N) is 1. The fourth-order valence-electron chi connectivity index (χ4n) is 1.92. The zero-order valence-corrected chi connectivity index (χ0v) is 9.85. The van der Waals surface area contributed by atoms with E-state index in [4.69, 9.17) is 11.1 Å². The van der Waals surface area contributed by atoms with Crippen molar-refractivity contribution in [2.75, 3.05) is 0 Å². The Labute approximate surface area is 102 Å². The lowest BCUT2D eigenvalue weighted by atomic mass is 9.91. The maximum absolute atomic E-state index is 7.57. The van der Waals surface area contributed by atoms with Crippen LogP contribution in [0.2, 0.25) is 0 Å². The molecule has 0 spiro atoms. The first-order valence-electron chi connectivity index (χ1n) is 5.68. The smallest absolute Gasteiger partial charge is 0.0979 e. The quantitative estimate of drug-likeness (QED) is 0.609. The molecule has 0 fully saturated rings. The molecule has 0 heterocycles. The monoisotopic (exact) mass is 224 g/mol. The molecule has 0 aliphatic rings. The van der Waals surface area contributed by atoms with Gasteiger partial charge in [0.05, 0.1) is 5.84 Å². The van der Waals surface area contributed by atoms with Gasteiger partial charge in [-0.1, -0.05) is 61.5 Å². The largest absolute Gasteiger partial charge is 0.387 e. The van der Waals surface area contributed by atoms with Crippen molar-refractivity contribution in [3.63, 3.8) is 0 Å². The van der Waals surface area contributed by atoms with Crippen molar-refractivity contribution in [2.24, 2.45) is 5.73 Å². The summed E-state index contributed by atoms with van der Waals surface area (Å²) < 4.78 is 0. The minimum Gasteiger partial charge on any atom is -0.387 e. The van der Waals surface area contributed by atoms with E-state index in [0.717, 1.165) is 16.7 Å². The minimum atomic E-state index is -0.0496. The first-order valence-corrected chi connectivity index (χ1v) is 5.68. The second-order valence-electron chi connectivity index (χ2n) is 4.13. The standard InChI is InChI=1S/C15H16N2/c1-11(15(16)17)13-9-5-6-10-14(13)12-7-3-2-4-8-12/h2-11H,1H3,(H3,16,17). The van der Waals surface area contributed by atoms with Crippen molar-refractivity contribution < 1.29 is 0 Å². The van der Waals surface area contributed by atoms with Gasteiger partial charge in [0.1, 0.15) is 0 Å². The normalized spacial score (nSPS) is 12.1. The Morgan fingerprint density at radius 3 is 2.24 bits per heavy atom. The summed E-state index contributed by atoms with van der Waals surface area (Å²) in [4.78, 5) is 0. The third kappa shape index (κ3) is 2.36. The molecule has 0 aliphatic carbocycles. The van der Waals surface area contributed by atoms with Crippen molar-refractivity contribution in [3.05, 3.63) is 60.2 Å². The Balaban J connectivity index is 2.52.